The smallest absolute Gasteiger partial charge is 0.416 e. The van der Waals surface area contributed by atoms with Gasteiger partial charge in [-0.1, -0.05) is 0 Å². The minimum Gasteiger partial charge on any atom is -0.445 e. The maximum absolute atomic E-state index is 13.2. The molecule has 0 radical (unpaired) electrons. The molecule has 3 heterocycles. The molecule has 1 fully saturated rings. The zero-order chi connectivity index (χ0) is 27.8. The van der Waals surface area contributed by atoms with Crippen molar-refractivity contribution < 1.29 is 40.7 Å². The lowest BCUT2D eigenvalue weighted by Crippen LogP contribution is -2.57. The van der Waals surface area contributed by atoms with Gasteiger partial charge in [0.25, 0.3) is 5.91 Å². The first-order valence-electron chi connectivity index (χ1n) is 12.0. The van der Waals surface area contributed by atoms with Gasteiger partial charge < -0.3 is 19.9 Å². The van der Waals surface area contributed by atoms with Crippen LogP contribution in [0, 0.1) is 0 Å². The molecule has 1 aromatic heterocycles. The lowest BCUT2D eigenvalue weighted by Gasteiger charge is -2.39. The fourth-order valence-corrected chi connectivity index (χ4v) is 4.73. The van der Waals surface area contributed by atoms with E-state index in [-0.39, 0.29) is 42.8 Å². The molecule has 1 aromatic carbocycles. The van der Waals surface area contributed by atoms with Gasteiger partial charge in [0.1, 0.15) is 6.61 Å². The minimum atomic E-state index is -5.00. The van der Waals surface area contributed by atoms with E-state index in [0.29, 0.717) is 43.9 Å². The number of rotatable bonds is 3. The molecule has 1 saturated heterocycles. The predicted molar refractivity (Wildman–Crippen MR) is 122 cm³/mol. The zero-order valence-corrected chi connectivity index (χ0v) is 20.7. The number of hydrogen-bond acceptors (Lipinski definition) is 5. The number of carbonyl (C=O) groups excluding carboxylic acids is 2. The molecule has 8 nitrogen and oxygen atoms in total. The van der Waals surface area contributed by atoms with E-state index >= 15 is 0 Å². The molecule has 0 saturated carbocycles. The Morgan fingerprint density at radius 3 is 2.16 bits per heavy atom. The summed E-state index contributed by atoms with van der Waals surface area (Å²) in [5, 5.41) is 7.67. The number of piperazine rings is 1. The molecule has 38 heavy (non-hydrogen) atoms. The molecule has 2 aliphatic heterocycles. The summed E-state index contributed by atoms with van der Waals surface area (Å²) in [7, 11) is 0. The summed E-state index contributed by atoms with van der Waals surface area (Å²) >= 11 is 0. The normalized spacial score (nSPS) is 20.6. The van der Waals surface area contributed by atoms with Crippen molar-refractivity contribution in [2.45, 2.75) is 64.4 Å². The van der Waals surface area contributed by atoms with Gasteiger partial charge >= 0.3 is 18.4 Å². The van der Waals surface area contributed by atoms with Gasteiger partial charge in [-0.3, -0.25) is 9.48 Å². The van der Waals surface area contributed by atoms with Crippen LogP contribution >= 0.6 is 0 Å². The maximum atomic E-state index is 13.2. The molecule has 2 aliphatic rings. The number of carbonyl (C=O) groups is 2. The molecule has 4 rings (SSSR count). The van der Waals surface area contributed by atoms with Crippen LogP contribution in [0.2, 0.25) is 0 Å². The summed E-state index contributed by atoms with van der Waals surface area (Å²) in [5.41, 5.74) is -2.60. The van der Waals surface area contributed by atoms with Crippen LogP contribution in [-0.4, -0.2) is 63.3 Å². The monoisotopic (exact) mass is 547 g/mol. The summed E-state index contributed by atoms with van der Waals surface area (Å²) in [5.74, 6) is -0.230. The molecule has 0 aliphatic carbocycles. The third-order valence-corrected chi connectivity index (χ3v) is 6.56. The van der Waals surface area contributed by atoms with Crippen molar-refractivity contribution >= 4 is 12.0 Å². The van der Waals surface area contributed by atoms with Crippen LogP contribution < -0.4 is 5.32 Å². The highest BCUT2D eigenvalue weighted by Gasteiger charge is 2.37. The lowest BCUT2D eigenvalue weighted by molar-refractivity contribution is -0.143. The highest BCUT2D eigenvalue weighted by Crippen LogP contribution is 2.36. The number of nitrogens with zero attached hydrogens (tertiary/aromatic N) is 4. The van der Waals surface area contributed by atoms with Gasteiger partial charge in [-0.25, -0.2) is 4.79 Å². The van der Waals surface area contributed by atoms with Crippen LogP contribution in [0.5, 0.6) is 0 Å². The SMILES string of the molecule is CC1CNCC(C)N1C(=O)c1cc2n(n1)CCCN(C(=O)OCc1cc(C(F)(F)F)cc(C(F)(F)F)c1)C2. The van der Waals surface area contributed by atoms with Gasteiger partial charge in [0.2, 0.25) is 0 Å². The van der Waals surface area contributed by atoms with Crippen LogP contribution in [0.15, 0.2) is 24.3 Å². The largest absolute Gasteiger partial charge is 0.445 e. The molecule has 14 heteroatoms. The number of amides is 2. The van der Waals surface area contributed by atoms with Crippen molar-refractivity contribution in [3.8, 4) is 0 Å². The van der Waals surface area contributed by atoms with E-state index in [2.05, 4.69) is 10.4 Å². The number of fused-ring (bicyclic) bond motifs is 1. The first kappa shape index (κ1) is 27.7. The summed E-state index contributed by atoms with van der Waals surface area (Å²) in [6.07, 6.45) is -10.4. The second-order valence-electron chi connectivity index (χ2n) is 9.56. The number of halogens is 6. The van der Waals surface area contributed by atoms with E-state index in [1.54, 1.807) is 15.6 Å². The zero-order valence-electron chi connectivity index (χ0n) is 20.7. The lowest BCUT2D eigenvalue weighted by atomic mass is 10.1. The minimum absolute atomic E-state index is 0.0159. The van der Waals surface area contributed by atoms with E-state index in [1.165, 1.54) is 4.90 Å². The average molecular weight is 548 g/mol. The number of alkyl halides is 6. The van der Waals surface area contributed by atoms with Gasteiger partial charge in [-0.05, 0) is 50.1 Å². The Balaban J connectivity index is 1.46. The molecule has 2 unspecified atom stereocenters. The highest BCUT2D eigenvalue weighted by molar-refractivity contribution is 5.93. The molecule has 2 atom stereocenters. The number of benzene rings is 1. The number of aromatic nitrogens is 2. The number of ether oxygens (including phenoxy) is 1. The quantitative estimate of drug-likeness (QED) is 0.581. The fourth-order valence-electron chi connectivity index (χ4n) is 4.73. The molecule has 0 bridgehead atoms. The molecular formula is C24H27F6N5O3. The van der Waals surface area contributed by atoms with Crippen LogP contribution in [0.1, 0.15) is 53.1 Å². The van der Waals surface area contributed by atoms with Crippen LogP contribution in [0.3, 0.4) is 0 Å². The van der Waals surface area contributed by atoms with Crippen molar-refractivity contribution in [2.24, 2.45) is 0 Å². The van der Waals surface area contributed by atoms with Crippen molar-refractivity contribution in [3.05, 3.63) is 52.3 Å². The van der Waals surface area contributed by atoms with Crippen molar-refractivity contribution in [3.63, 3.8) is 0 Å². The summed E-state index contributed by atoms with van der Waals surface area (Å²) < 4.78 is 85.4. The molecule has 0 spiro atoms. The summed E-state index contributed by atoms with van der Waals surface area (Å²) in [6, 6.07) is 2.59. The summed E-state index contributed by atoms with van der Waals surface area (Å²) in [4.78, 5) is 28.9. The van der Waals surface area contributed by atoms with Gasteiger partial charge in [0.15, 0.2) is 5.69 Å². The van der Waals surface area contributed by atoms with E-state index in [4.69, 9.17) is 4.74 Å². The van der Waals surface area contributed by atoms with Crippen LogP contribution in [0.4, 0.5) is 31.1 Å². The van der Waals surface area contributed by atoms with Gasteiger partial charge in [-0.2, -0.15) is 31.4 Å². The average Bonchev–Trinajstić information content (AvgIpc) is 3.12. The van der Waals surface area contributed by atoms with Crippen molar-refractivity contribution in [1.29, 1.82) is 0 Å². The molecule has 208 valence electrons. The third kappa shape index (κ3) is 6.05. The van der Waals surface area contributed by atoms with Crippen LogP contribution in [-0.2, 0) is 36.8 Å². The number of aryl methyl sites for hydroxylation is 1. The Labute approximate surface area is 214 Å². The second-order valence-corrected chi connectivity index (χ2v) is 9.56. The third-order valence-electron chi connectivity index (χ3n) is 6.56. The Bertz CT molecular complexity index is 1150. The van der Waals surface area contributed by atoms with E-state index in [0.717, 1.165) is 0 Å². The summed E-state index contributed by atoms with van der Waals surface area (Å²) in [6.45, 7) is 5.06. The van der Waals surface area contributed by atoms with Crippen LogP contribution in [0.25, 0.3) is 0 Å². The van der Waals surface area contributed by atoms with Gasteiger partial charge in [0, 0.05) is 38.3 Å². The topological polar surface area (TPSA) is 79.7 Å². The Morgan fingerprint density at radius 1 is 0.974 bits per heavy atom. The molecule has 2 amide bonds. The standard InChI is InChI=1S/C24H27F6N5O3/c1-14-10-31-11-15(2)35(14)21(36)20-9-19-12-33(4-3-5-34(19)32-20)22(37)38-13-16-6-17(23(25,26)27)8-18(7-16)24(28,29)30/h6-9,14-15,31H,3-5,10-13H2,1-2H3. The van der Waals surface area contributed by atoms with Crippen molar-refractivity contribution in [2.75, 3.05) is 19.6 Å². The Morgan fingerprint density at radius 2 is 1.58 bits per heavy atom. The van der Waals surface area contributed by atoms with Crippen molar-refractivity contribution in [1.82, 2.24) is 24.9 Å². The number of nitrogens with one attached hydrogen (secondary N) is 1. The van der Waals surface area contributed by atoms with E-state index < -0.39 is 41.7 Å². The highest BCUT2D eigenvalue weighted by atomic mass is 19.4. The Hall–Kier alpha value is -3.29. The van der Waals surface area contributed by atoms with E-state index in [1.807, 2.05) is 13.8 Å². The second kappa shape index (κ2) is 10.5. The fraction of sp³-hybridized carbons (Fsp3) is 0.542. The maximum Gasteiger partial charge on any atom is 0.416 e. The predicted octanol–water partition coefficient (Wildman–Crippen LogP) is 4.29. The first-order chi connectivity index (χ1) is 17.7. The Kier molecular flexibility index (Phi) is 7.64. The molecule has 2 aromatic rings. The van der Waals surface area contributed by atoms with E-state index in [9.17, 15) is 35.9 Å². The number of hydrogen-bond donors (Lipinski definition) is 1. The molecular weight excluding hydrogens is 520 g/mol. The first-order valence-corrected chi connectivity index (χ1v) is 12.0. The van der Waals surface area contributed by atoms with Gasteiger partial charge in [-0.15, -0.1) is 0 Å². The molecule has 1 N–H and O–H groups in total. The van der Waals surface area contributed by atoms with Gasteiger partial charge in [0.05, 0.1) is 23.4 Å².